The van der Waals surface area contributed by atoms with Crippen molar-refractivity contribution < 1.29 is 14.6 Å². The van der Waals surface area contributed by atoms with E-state index in [1.165, 1.54) is 0 Å². The molecule has 4 N–H and O–H groups in total. The Morgan fingerprint density at radius 3 is 2.50 bits per heavy atom. The molecular weight excluding hydrogens is 280 g/mol. The Bertz CT molecular complexity index is 576. The smallest absolute Gasteiger partial charge is 0.412 e. The van der Waals surface area contributed by atoms with Gasteiger partial charge in [0.25, 0.3) is 0 Å². The Kier molecular flexibility index (Phi) is 4.13. The lowest BCUT2D eigenvalue weighted by molar-refractivity contribution is 0.0635. The average molecular weight is 306 g/mol. The van der Waals surface area contributed by atoms with Gasteiger partial charge >= 0.3 is 6.09 Å². The predicted molar refractivity (Wildman–Crippen MR) is 87.0 cm³/mol. The van der Waals surface area contributed by atoms with Gasteiger partial charge in [0, 0.05) is 0 Å². The molecule has 1 fully saturated rings. The van der Waals surface area contributed by atoms with Crippen LogP contribution in [0.2, 0.25) is 0 Å². The lowest BCUT2D eigenvalue weighted by atomic mass is 10.0. The number of rotatable bonds is 3. The minimum atomic E-state index is -0.581. The second-order valence-corrected chi connectivity index (χ2v) is 7.54. The largest absolute Gasteiger partial charge is 0.506 e. The van der Waals surface area contributed by atoms with Crippen LogP contribution >= 0.6 is 0 Å². The van der Waals surface area contributed by atoms with Gasteiger partial charge in [-0.05, 0) is 62.3 Å². The van der Waals surface area contributed by atoms with Gasteiger partial charge in [-0.1, -0.05) is 19.9 Å². The molecule has 0 aromatic heterocycles. The summed E-state index contributed by atoms with van der Waals surface area (Å²) in [6.45, 7) is 10.4. The van der Waals surface area contributed by atoms with Crippen LogP contribution in [0.25, 0.3) is 0 Å². The molecule has 2 atom stereocenters. The van der Waals surface area contributed by atoms with E-state index < -0.39 is 11.7 Å². The number of amides is 1. The average Bonchev–Trinajstić information content (AvgIpc) is 2.91. The minimum Gasteiger partial charge on any atom is -0.506 e. The van der Waals surface area contributed by atoms with E-state index in [1.807, 2.05) is 6.07 Å². The highest BCUT2D eigenvalue weighted by Crippen LogP contribution is 2.64. The zero-order valence-corrected chi connectivity index (χ0v) is 13.9. The number of phenolic OH excluding ortho intramolecular Hbond substituents is 1. The van der Waals surface area contributed by atoms with E-state index in [1.54, 1.807) is 32.9 Å². The van der Waals surface area contributed by atoms with Crippen LogP contribution in [0, 0.1) is 11.3 Å². The van der Waals surface area contributed by atoms with Crippen molar-refractivity contribution in [2.75, 3.05) is 11.9 Å². The lowest BCUT2D eigenvalue weighted by Crippen LogP contribution is -2.27. The van der Waals surface area contributed by atoms with Gasteiger partial charge in [-0.25, -0.2) is 4.79 Å². The Morgan fingerprint density at radius 1 is 1.41 bits per heavy atom. The van der Waals surface area contributed by atoms with Crippen molar-refractivity contribution in [3.05, 3.63) is 23.8 Å². The summed E-state index contributed by atoms with van der Waals surface area (Å²) in [6.07, 6.45) is -0.581. The van der Waals surface area contributed by atoms with Gasteiger partial charge in [0.2, 0.25) is 0 Å². The summed E-state index contributed by atoms with van der Waals surface area (Å²) in [4.78, 5) is 11.8. The van der Waals surface area contributed by atoms with E-state index in [4.69, 9.17) is 10.5 Å². The topological polar surface area (TPSA) is 84.6 Å². The molecule has 22 heavy (non-hydrogen) atoms. The molecule has 1 aromatic carbocycles. The number of carbonyl (C=O) groups is 1. The summed E-state index contributed by atoms with van der Waals surface area (Å²) in [5.74, 6) is 0.817. The first-order chi connectivity index (χ1) is 10.1. The number of anilines is 1. The fraction of sp³-hybridized carbons (Fsp3) is 0.588. The highest BCUT2D eigenvalue weighted by Gasteiger charge is 2.57. The number of benzene rings is 1. The molecule has 0 heterocycles. The van der Waals surface area contributed by atoms with E-state index in [9.17, 15) is 9.90 Å². The molecule has 122 valence electrons. The maximum atomic E-state index is 11.8. The van der Waals surface area contributed by atoms with Crippen molar-refractivity contribution in [3.63, 3.8) is 0 Å². The van der Waals surface area contributed by atoms with Crippen molar-refractivity contribution in [1.82, 2.24) is 0 Å². The molecule has 2 rings (SSSR count). The SMILES string of the molecule is CC(C)(C)OC(=O)Nc1ccc([C@@H]2[C@@H](CN)C2(C)C)cc1O. The van der Waals surface area contributed by atoms with Crippen molar-refractivity contribution in [3.8, 4) is 5.75 Å². The summed E-state index contributed by atoms with van der Waals surface area (Å²) < 4.78 is 5.18. The molecule has 0 bridgehead atoms. The molecule has 1 saturated carbocycles. The predicted octanol–water partition coefficient (Wildman–Crippen LogP) is 3.44. The van der Waals surface area contributed by atoms with Crippen LogP contribution in [0.15, 0.2) is 18.2 Å². The van der Waals surface area contributed by atoms with Crippen LogP contribution in [0.1, 0.15) is 46.1 Å². The molecule has 0 radical (unpaired) electrons. The van der Waals surface area contributed by atoms with Crippen molar-refractivity contribution in [1.29, 1.82) is 0 Å². The molecule has 1 aliphatic carbocycles. The van der Waals surface area contributed by atoms with Crippen LogP contribution in [-0.4, -0.2) is 23.3 Å². The first-order valence-electron chi connectivity index (χ1n) is 7.59. The third-order valence-electron chi connectivity index (χ3n) is 4.32. The second-order valence-electron chi connectivity index (χ2n) is 7.54. The standard InChI is InChI=1S/C17H26N2O3/c1-16(2,3)22-15(21)19-12-7-6-10(8-13(12)20)14-11(9-18)17(14,4)5/h6-8,11,14,20H,9,18H2,1-5H3,(H,19,21)/t11-,14-/m1/s1. The summed E-state index contributed by atoms with van der Waals surface area (Å²) in [5.41, 5.74) is 6.77. The zero-order valence-electron chi connectivity index (χ0n) is 13.9. The van der Waals surface area contributed by atoms with E-state index in [0.29, 0.717) is 24.1 Å². The van der Waals surface area contributed by atoms with E-state index in [-0.39, 0.29) is 11.2 Å². The molecule has 1 aromatic rings. The normalized spacial score (nSPS) is 23.0. The number of carbonyl (C=O) groups excluding carboxylic acids is 1. The molecule has 0 aliphatic heterocycles. The molecular formula is C17H26N2O3. The van der Waals surface area contributed by atoms with Crippen LogP contribution in [0.4, 0.5) is 10.5 Å². The van der Waals surface area contributed by atoms with Gasteiger partial charge in [0.05, 0.1) is 5.69 Å². The highest BCUT2D eigenvalue weighted by atomic mass is 16.6. The molecule has 0 saturated heterocycles. The third kappa shape index (κ3) is 3.35. The number of aromatic hydroxyl groups is 1. The highest BCUT2D eigenvalue weighted by molar-refractivity contribution is 5.87. The number of phenols is 1. The van der Waals surface area contributed by atoms with Crippen molar-refractivity contribution >= 4 is 11.8 Å². The number of hydrogen-bond acceptors (Lipinski definition) is 4. The quantitative estimate of drug-likeness (QED) is 0.747. The number of hydrogen-bond donors (Lipinski definition) is 3. The fourth-order valence-electron chi connectivity index (χ4n) is 3.11. The van der Waals surface area contributed by atoms with Gasteiger partial charge < -0.3 is 15.6 Å². The minimum absolute atomic E-state index is 0.0434. The van der Waals surface area contributed by atoms with Gasteiger partial charge in [0.1, 0.15) is 11.4 Å². The number of nitrogens with two attached hydrogens (primary N) is 1. The Labute approximate surface area is 131 Å². The number of nitrogens with one attached hydrogen (secondary N) is 1. The van der Waals surface area contributed by atoms with Crippen LogP contribution in [0.3, 0.4) is 0 Å². The van der Waals surface area contributed by atoms with Crippen LogP contribution in [0.5, 0.6) is 5.75 Å². The second kappa shape index (κ2) is 5.47. The Morgan fingerprint density at radius 2 is 2.05 bits per heavy atom. The van der Waals surface area contributed by atoms with Gasteiger partial charge in [-0.15, -0.1) is 0 Å². The molecule has 5 heteroatoms. The van der Waals surface area contributed by atoms with E-state index >= 15 is 0 Å². The van der Waals surface area contributed by atoms with E-state index in [0.717, 1.165) is 5.56 Å². The molecule has 1 amide bonds. The third-order valence-corrected chi connectivity index (χ3v) is 4.32. The maximum absolute atomic E-state index is 11.8. The number of ether oxygens (including phenoxy) is 1. The molecule has 1 aliphatic rings. The Balaban J connectivity index is 2.10. The monoisotopic (exact) mass is 306 g/mol. The lowest BCUT2D eigenvalue weighted by Gasteiger charge is -2.20. The molecule has 0 spiro atoms. The van der Waals surface area contributed by atoms with Crippen LogP contribution < -0.4 is 11.1 Å². The van der Waals surface area contributed by atoms with Crippen molar-refractivity contribution in [2.24, 2.45) is 17.1 Å². The Hall–Kier alpha value is -1.75. The molecule has 0 unspecified atom stereocenters. The summed E-state index contributed by atoms with van der Waals surface area (Å²) in [6, 6.07) is 5.33. The van der Waals surface area contributed by atoms with Crippen LogP contribution in [-0.2, 0) is 4.74 Å². The first kappa shape index (κ1) is 16.6. The summed E-state index contributed by atoms with van der Waals surface area (Å²) in [7, 11) is 0. The maximum Gasteiger partial charge on any atom is 0.412 e. The zero-order chi connectivity index (χ0) is 16.7. The first-order valence-corrected chi connectivity index (χ1v) is 7.59. The van der Waals surface area contributed by atoms with E-state index in [2.05, 4.69) is 19.2 Å². The van der Waals surface area contributed by atoms with Gasteiger partial charge in [-0.3, -0.25) is 5.32 Å². The van der Waals surface area contributed by atoms with Gasteiger partial charge in [-0.2, -0.15) is 0 Å². The fourth-order valence-corrected chi connectivity index (χ4v) is 3.11. The molecule has 5 nitrogen and oxygen atoms in total. The van der Waals surface area contributed by atoms with Crippen molar-refractivity contribution in [2.45, 2.75) is 46.1 Å². The summed E-state index contributed by atoms with van der Waals surface area (Å²) in [5, 5.41) is 12.7. The summed E-state index contributed by atoms with van der Waals surface area (Å²) >= 11 is 0. The van der Waals surface area contributed by atoms with Gasteiger partial charge in [0.15, 0.2) is 0 Å².